The zero-order chi connectivity index (χ0) is 18.1. The third-order valence-electron chi connectivity index (χ3n) is 5.60. The quantitative estimate of drug-likeness (QED) is 0.827. The Morgan fingerprint density at radius 3 is 2.58 bits per heavy atom. The predicted octanol–water partition coefficient (Wildman–Crippen LogP) is 3.54. The number of thiophene rings is 1. The Bertz CT molecular complexity index is 813. The summed E-state index contributed by atoms with van der Waals surface area (Å²) >= 11 is 1.45. The predicted molar refractivity (Wildman–Crippen MR) is 98.3 cm³/mol. The summed E-state index contributed by atoms with van der Waals surface area (Å²) in [5.41, 5.74) is 0.472. The van der Waals surface area contributed by atoms with Gasteiger partial charge in [0.15, 0.2) is 0 Å². The fraction of sp³-hybridized carbons (Fsp3) is 0.400. The summed E-state index contributed by atoms with van der Waals surface area (Å²) in [5, 5.41) is 1.91. The first kappa shape index (κ1) is 17.2. The summed E-state index contributed by atoms with van der Waals surface area (Å²) in [7, 11) is 0. The fourth-order valence-corrected chi connectivity index (χ4v) is 4.75. The van der Waals surface area contributed by atoms with Crippen molar-refractivity contribution in [3.8, 4) is 0 Å². The van der Waals surface area contributed by atoms with Crippen LogP contribution in [0.4, 0.5) is 4.39 Å². The summed E-state index contributed by atoms with van der Waals surface area (Å²) in [6, 6.07) is 10.2. The van der Waals surface area contributed by atoms with Crippen LogP contribution in [0.1, 0.15) is 34.5 Å². The van der Waals surface area contributed by atoms with Gasteiger partial charge in [-0.1, -0.05) is 18.2 Å². The van der Waals surface area contributed by atoms with Crippen LogP contribution >= 0.6 is 11.3 Å². The van der Waals surface area contributed by atoms with Gasteiger partial charge >= 0.3 is 0 Å². The molecule has 0 atom stereocenters. The topological polar surface area (TPSA) is 40.6 Å². The van der Waals surface area contributed by atoms with Crippen molar-refractivity contribution in [1.29, 1.82) is 0 Å². The van der Waals surface area contributed by atoms with E-state index in [1.165, 1.54) is 23.5 Å². The molecule has 0 bridgehead atoms. The van der Waals surface area contributed by atoms with Crippen molar-refractivity contribution in [2.24, 2.45) is 5.41 Å². The Hall–Kier alpha value is -2.21. The average Bonchev–Trinajstić information content (AvgIpc) is 3.27. The van der Waals surface area contributed by atoms with E-state index in [-0.39, 0.29) is 23.0 Å². The number of hydrogen-bond donors (Lipinski definition) is 0. The number of piperidine rings is 1. The molecular formula is C20H21FN2O2S. The van der Waals surface area contributed by atoms with Gasteiger partial charge in [0.05, 0.1) is 10.3 Å². The van der Waals surface area contributed by atoms with E-state index >= 15 is 0 Å². The number of carbonyl (C=O) groups is 2. The van der Waals surface area contributed by atoms with E-state index in [9.17, 15) is 14.0 Å². The molecule has 2 saturated heterocycles. The van der Waals surface area contributed by atoms with Crippen LogP contribution in [0, 0.1) is 11.2 Å². The molecule has 2 amide bonds. The van der Waals surface area contributed by atoms with Crippen molar-refractivity contribution >= 4 is 23.2 Å². The van der Waals surface area contributed by atoms with E-state index in [0.717, 1.165) is 16.9 Å². The molecule has 2 aromatic rings. The molecule has 1 aromatic heterocycles. The van der Waals surface area contributed by atoms with Gasteiger partial charge in [-0.05, 0) is 48.4 Å². The molecule has 3 heterocycles. The van der Waals surface area contributed by atoms with Crippen LogP contribution in [-0.4, -0.2) is 41.2 Å². The molecule has 1 spiro atoms. The molecule has 2 aliphatic rings. The molecule has 1 aromatic carbocycles. The molecule has 0 unspecified atom stereocenters. The zero-order valence-electron chi connectivity index (χ0n) is 14.5. The van der Waals surface area contributed by atoms with Crippen LogP contribution in [0.3, 0.4) is 0 Å². The monoisotopic (exact) mass is 372 g/mol. The van der Waals surface area contributed by atoms with Gasteiger partial charge in [-0.25, -0.2) is 4.39 Å². The minimum absolute atomic E-state index is 0.0666. The molecule has 4 rings (SSSR count). The van der Waals surface area contributed by atoms with Gasteiger partial charge in [-0.2, -0.15) is 0 Å². The minimum atomic E-state index is -0.348. The first-order chi connectivity index (χ1) is 12.6. The van der Waals surface area contributed by atoms with Gasteiger partial charge in [0, 0.05) is 26.2 Å². The summed E-state index contributed by atoms with van der Waals surface area (Å²) in [5.74, 6) is -0.0499. The van der Waals surface area contributed by atoms with Crippen molar-refractivity contribution < 1.29 is 14.0 Å². The van der Waals surface area contributed by atoms with Crippen LogP contribution in [-0.2, 0) is 11.3 Å². The lowest BCUT2D eigenvalue weighted by molar-refractivity contribution is -0.138. The molecule has 136 valence electrons. The van der Waals surface area contributed by atoms with Crippen molar-refractivity contribution in [1.82, 2.24) is 9.80 Å². The molecular weight excluding hydrogens is 351 g/mol. The number of amides is 2. The van der Waals surface area contributed by atoms with E-state index in [1.807, 2.05) is 33.4 Å². The van der Waals surface area contributed by atoms with Crippen molar-refractivity contribution in [3.05, 3.63) is 58.0 Å². The average molecular weight is 372 g/mol. The van der Waals surface area contributed by atoms with Gasteiger partial charge in [0.2, 0.25) is 5.91 Å². The maximum absolute atomic E-state index is 13.4. The Kier molecular flexibility index (Phi) is 4.53. The highest BCUT2D eigenvalue weighted by atomic mass is 32.1. The van der Waals surface area contributed by atoms with Crippen LogP contribution in [0.25, 0.3) is 0 Å². The van der Waals surface area contributed by atoms with E-state index in [0.29, 0.717) is 39.0 Å². The van der Waals surface area contributed by atoms with E-state index in [1.54, 1.807) is 6.07 Å². The Labute approximate surface area is 156 Å². The largest absolute Gasteiger partial charge is 0.338 e. The van der Waals surface area contributed by atoms with Crippen molar-refractivity contribution in [2.75, 3.05) is 19.6 Å². The second kappa shape index (κ2) is 6.83. The Morgan fingerprint density at radius 2 is 1.88 bits per heavy atom. The van der Waals surface area contributed by atoms with E-state index in [2.05, 4.69) is 0 Å². The van der Waals surface area contributed by atoms with Crippen LogP contribution in [0.2, 0.25) is 0 Å². The van der Waals surface area contributed by atoms with Crippen molar-refractivity contribution in [3.63, 3.8) is 0 Å². The van der Waals surface area contributed by atoms with E-state index < -0.39 is 0 Å². The molecule has 0 saturated carbocycles. The lowest BCUT2D eigenvalue weighted by Gasteiger charge is -2.37. The van der Waals surface area contributed by atoms with Crippen LogP contribution < -0.4 is 0 Å². The third-order valence-corrected chi connectivity index (χ3v) is 6.46. The Morgan fingerprint density at radius 1 is 1.12 bits per heavy atom. The molecule has 0 N–H and O–H groups in total. The first-order valence-corrected chi connectivity index (χ1v) is 9.82. The summed E-state index contributed by atoms with van der Waals surface area (Å²) in [4.78, 5) is 30.0. The number of hydrogen-bond acceptors (Lipinski definition) is 3. The zero-order valence-corrected chi connectivity index (χ0v) is 15.3. The second-order valence-corrected chi connectivity index (χ2v) is 8.10. The number of halogens is 1. The van der Waals surface area contributed by atoms with Crippen LogP contribution in [0.5, 0.6) is 0 Å². The second-order valence-electron chi connectivity index (χ2n) is 7.16. The maximum atomic E-state index is 13.4. The molecule has 0 radical (unpaired) electrons. The normalized spacial score (nSPS) is 19.3. The summed E-state index contributed by atoms with van der Waals surface area (Å²) in [6.45, 7) is 2.40. The Balaban J connectivity index is 1.40. The van der Waals surface area contributed by atoms with Crippen molar-refractivity contribution in [2.45, 2.75) is 25.8 Å². The third kappa shape index (κ3) is 3.14. The molecule has 2 fully saturated rings. The number of likely N-dealkylation sites (tertiary alicyclic amines) is 2. The fourth-order valence-electron chi connectivity index (χ4n) is 4.06. The number of carbonyl (C=O) groups excluding carboxylic acids is 2. The lowest BCUT2D eigenvalue weighted by atomic mass is 9.77. The smallest absolute Gasteiger partial charge is 0.263 e. The van der Waals surface area contributed by atoms with Gasteiger partial charge in [0.1, 0.15) is 5.82 Å². The molecule has 4 nitrogen and oxygen atoms in total. The maximum Gasteiger partial charge on any atom is 0.263 e. The first-order valence-electron chi connectivity index (χ1n) is 8.94. The van der Waals surface area contributed by atoms with Gasteiger partial charge in [-0.15, -0.1) is 11.3 Å². The molecule has 26 heavy (non-hydrogen) atoms. The van der Waals surface area contributed by atoms with Gasteiger partial charge in [-0.3, -0.25) is 9.59 Å². The number of nitrogens with zero attached hydrogens (tertiary/aromatic N) is 2. The molecule has 6 heteroatoms. The SMILES string of the molecule is O=C(c1cccs1)N1CCC2(CC1)CCN(Cc1cccc(F)c1)C2=O. The van der Waals surface area contributed by atoms with Gasteiger partial charge < -0.3 is 9.80 Å². The standard InChI is InChI=1S/C20H21FN2O2S/c21-16-4-1-3-15(13-16)14-23-11-8-20(19(23)25)6-9-22(10-7-20)18(24)17-5-2-12-26-17/h1-5,12-13H,6-11,14H2. The summed E-state index contributed by atoms with van der Waals surface area (Å²) in [6.07, 6.45) is 2.24. The highest BCUT2D eigenvalue weighted by Crippen LogP contribution is 2.42. The van der Waals surface area contributed by atoms with Gasteiger partial charge in [0.25, 0.3) is 5.91 Å². The molecule has 2 aliphatic heterocycles. The number of rotatable bonds is 3. The minimum Gasteiger partial charge on any atom is -0.338 e. The van der Waals surface area contributed by atoms with Crippen LogP contribution in [0.15, 0.2) is 41.8 Å². The highest BCUT2D eigenvalue weighted by Gasteiger charge is 2.48. The number of benzene rings is 1. The summed E-state index contributed by atoms with van der Waals surface area (Å²) < 4.78 is 13.4. The molecule has 0 aliphatic carbocycles. The van der Waals surface area contributed by atoms with E-state index in [4.69, 9.17) is 0 Å². The lowest BCUT2D eigenvalue weighted by Crippen LogP contribution is -2.46. The highest BCUT2D eigenvalue weighted by molar-refractivity contribution is 7.12.